The van der Waals surface area contributed by atoms with Gasteiger partial charge in [0.05, 0.1) is 33.2 Å². The lowest BCUT2D eigenvalue weighted by Crippen LogP contribution is -2.32. The molecule has 9 heteroatoms. The second-order valence-electron chi connectivity index (χ2n) is 7.63. The minimum Gasteiger partial charge on any atom is -0.344 e. The predicted octanol–water partition coefficient (Wildman–Crippen LogP) is 4.78. The number of nitrogens with zero attached hydrogens (tertiary/aromatic N) is 6. The Bertz CT molecular complexity index is 1520. The molecule has 0 unspecified atom stereocenters. The van der Waals surface area contributed by atoms with Crippen molar-refractivity contribution >= 4 is 50.0 Å². The van der Waals surface area contributed by atoms with Gasteiger partial charge in [-0.1, -0.05) is 35.9 Å². The summed E-state index contributed by atoms with van der Waals surface area (Å²) in [6.45, 7) is 0.798. The molecule has 1 saturated heterocycles. The van der Waals surface area contributed by atoms with Gasteiger partial charge in [-0.25, -0.2) is 19.9 Å². The van der Waals surface area contributed by atoms with Crippen molar-refractivity contribution in [3.05, 3.63) is 81.6 Å². The van der Waals surface area contributed by atoms with E-state index in [0.29, 0.717) is 21.7 Å². The van der Waals surface area contributed by atoms with Crippen molar-refractivity contribution in [1.29, 1.82) is 0 Å². The number of halogens is 1. The third-order valence-corrected chi connectivity index (χ3v) is 6.87. The van der Waals surface area contributed by atoms with Crippen molar-refractivity contribution in [3.63, 3.8) is 0 Å². The molecule has 0 saturated carbocycles. The van der Waals surface area contributed by atoms with Crippen LogP contribution >= 0.6 is 22.9 Å². The Morgan fingerprint density at radius 3 is 2.78 bits per heavy atom. The second-order valence-corrected chi connectivity index (χ2v) is 8.88. The molecular weight excluding hydrogens is 444 g/mol. The molecule has 4 heterocycles. The first-order chi connectivity index (χ1) is 15.7. The summed E-state index contributed by atoms with van der Waals surface area (Å²) in [4.78, 5) is 35.1. The largest absolute Gasteiger partial charge is 0.344 e. The van der Waals surface area contributed by atoms with Gasteiger partial charge in [-0.05, 0) is 37.1 Å². The van der Waals surface area contributed by atoms with Crippen molar-refractivity contribution in [2.45, 2.75) is 18.9 Å². The fourth-order valence-electron chi connectivity index (χ4n) is 4.44. The third-order valence-electron chi connectivity index (χ3n) is 5.83. The third kappa shape index (κ3) is 2.98. The number of fused-ring (bicyclic) bond motifs is 2. The fourth-order valence-corrected chi connectivity index (χ4v) is 5.31. The van der Waals surface area contributed by atoms with Crippen LogP contribution in [0.2, 0.25) is 5.02 Å². The van der Waals surface area contributed by atoms with Crippen LogP contribution < -0.4 is 10.5 Å². The Hall–Kier alpha value is -3.36. The number of anilines is 1. The van der Waals surface area contributed by atoms with E-state index in [1.165, 1.54) is 11.3 Å². The molecule has 0 radical (unpaired) electrons. The van der Waals surface area contributed by atoms with E-state index in [0.717, 1.165) is 41.2 Å². The van der Waals surface area contributed by atoms with Gasteiger partial charge in [-0.2, -0.15) is 0 Å². The van der Waals surface area contributed by atoms with Gasteiger partial charge < -0.3 is 4.90 Å². The lowest BCUT2D eigenvalue weighted by Gasteiger charge is -2.27. The van der Waals surface area contributed by atoms with E-state index in [4.69, 9.17) is 16.6 Å². The standard InChI is InChI=1S/C23H17ClN6OS/c24-15-8-4-9-16-18(15)23(31)30(14-6-2-1-3-7-14)20(28-16)17-10-5-11-29(17)21-19-22(26-12-25-21)32-13-27-19/h1-4,6-9,12-13,17H,5,10-11H2/t17-/m0/s1. The highest BCUT2D eigenvalue weighted by Gasteiger charge is 2.33. The molecule has 0 aliphatic carbocycles. The molecule has 0 bridgehead atoms. The first kappa shape index (κ1) is 19.3. The number of aromatic nitrogens is 5. The van der Waals surface area contributed by atoms with Crippen molar-refractivity contribution in [3.8, 4) is 5.69 Å². The van der Waals surface area contributed by atoms with Crippen molar-refractivity contribution in [2.24, 2.45) is 0 Å². The Morgan fingerprint density at radius 1 is 1.03 bits per heavy atom. The summed E-state index contributed by atoms with van der Waals surface area (Å²) in [6, 6.07) is 14.8. The normalized spacial score (nSPS) is 16.3. The molecule has 6 rings (SSSR count). The summed E-state index contributed by atoms with van der Waals surface area (Å²) in [5, 5.41) is 0.828. The lowest BCUT2D eigenvalue weighted by molar-refractivity contribution is 0.634. The molecule has 32 heavy (non-hydrogen) atoms. The van der Waals surface area contributed by atoms with E-state index in [1.807, 2.05) is 42.5 Å². The van der Waals surface area contributed by atoms with Crippen LogP contribution in [-0.2, 0) is 0 Å². The molecule has 0 N–H and O–H groups in total. The maximum atomic E-state index is 13.7. The maximum absolute atomic E-state index is 13.7. The molecular formula is C23H17ClN6OS. The van der Waals surface area contributed by atoms with E-state index >= 15 is 0 Å². The van der Waals surface area contributed by atoms with E-state index in [9.17, 15) is 4.79 Å². The SMILES string of the molecule is O=c1c2c(Cl)cccc2nc([C@@H]2CCCN2c2ncnc3scnc23)n1-c1ccccc1. The number of thiazole rings is 1. The summed E-state index contributed by atoms with van der Waals surface area (Å²) < 4.78 is 1.69. The Kier molecular flexibility index (Phi) is 4.62. The number of hydrogen-bond acceptors (Lipinski definition) is 7. The highest BCUT2D eigenvalue weighted by Crippen LogP contribution is 2.38. The zero-order valence-electron chi connectivity index (χ0n) is 16.8. The molecule has 158 valence electrons. The molecule has 1 aliphatic heterocycles. The van der Waals surface area contributed by atoms with Crippen LogP contribution in [-0.4, -0.2) is 31.0 Å². The molecule has 1 aliphatic rings. The van der Waals surface area contributed by atoms with Gasteiger partial charge in [0, 0.05) is 6.54 Å². The first-order valence-corrected chi connectivity index (χ1v) is 11.6. The molecule has 1 fully saturated rings. The first-order valence-electron chi connectivity index (χ1n) is 10.3. The van der Waals surface area contributed by atoms with E-state index < -0.39 is 0 Å². The van der Waals surface area contributed by atoms with E-state index in [2.05, 4.69) is 19.9 Å². The highest BCUT2D eigenvalue weighted by molar-refractivity contribution is 7.16. The average Bonchev–Trinajstić information content (AvgIpc) is 3.49. The van der Waals surface area contributed by atoms with Crippen LogP contribution in [0, 0.1) is 0 Å². The summed E-state index contributed by atoms with van der Waals surface area (Å²) in [5.41, 5.74) is 3.74. The minimum atomic E-state index is -0.171. The Morgan fingerprint density at radius 2 is 1.91 bits per heavy atom. The van der Waals surface area contributed by atoms with Crippen LogP contribution in [0.25, 0.3) is 26.9 Å². The van der Waals surface area contributed by atoms with Gasteiger partial charge in [0.2, 0.25) is 0 Å². The summed E-state index contributed by atoms with van der Waals surface area (Å²) in [5.74, 6) is 1.45. The average molecular weight is 461 g/mol. The number of para-hydroxylation sites is 1. The van der Waals surface area contributed by atoms with Crippen molar-refractivity contribution in [2.75, 3.05) is 11.4 Å². The second kappa shape index (κ2) is 7.65. The van der Waals surface area contributed by atoms with Crippen LogP contribution in [0.15, 0.2) is 65.2 Å². The minimum absolute atomic E-state index is 0.133. The monoisotopic (exact) mass is 460 g/mol. The van der Waals surface area contributed by atoms with Crippen LogP contribution in [0.1, 0.15) is 24.7 Å². The van der Waals surface area contributed by atoms with Gasteiger partial charge >= 0.3 is 0 Å². The molecule has 3 aromatic heterocycles. The van der Waals surface area contributed by atoms with Gasteiger partial charge in [0.1, 0.15) is 22.5 Å². The Labute approximate surface area is 192 Å². The van der Waals surface area contributed by atoms with Crippen LogP contribution in [0.3, 0.4) is 0 Å². The van der Waals surface area contributed by atoms with E-state index in [1.54, 1.807) is 22.5 Å². The molecule has 7 nitrogen and oxygen atoms in total. The van der Waals surface area contributed by atoms with Crippen molar-refractivity contribution in [1.82, 2.24) is 24.5 Å². The molecule has 1 atom stereocenters. The van der Waals surface area contributed by atoms with Gasteiger partial charge in [0.15, 0.2) is 5.82 Å². The predicted molar refractivity (Wildman–Crippen MR) is 127 cm³/mol. The zero-order chi connectivity index (χ0) is 21.7. The maximum Gasteiger partial charge on any atom is 0.267 e. The summed E-state index contributed by atoms with van der Waals surface area (Å²) >= 11 is 7.91. The quantitative estimate of drug-likeness (QED) is 0.385. The summed E-state index contributed by atoms with van der Waals surface area (Å²) in [6.07, 6.45) is 3.38. The summed E-state index contributed by atoms with van der Waals surface area (Å²) in [7, 11) is 0. The number of benzene rings is 2. The zero-order valence-corrected chi connectivity index (χ0v) is 18.4. The number of rotatable bonds is 3. The van der Waals surface area contributed by atoms with E-state index in [-0.39, 0.29) is 11.6 Å². The molecule has 0 spiro atoms. The van der Waals surface area contributed by atoms with Crippen LogP contribution in [0.4, 0.5) is 5.82 Å². The van der Waals surface area contributed by atoms with Crippen molar-refractivity contribution < 1.29 is 0 Å². The molecule has 0 amide bonds. The Balaban J connectivity index is 1.61. The number of hydrogen-bond donors (Lipinski definition) is 0. The molecule has 2 aromatic carbocycles. The van der Waals surface area contributed by atoms with Crippen LogP contribution in [0.5, 0.6) is 0 Å². The highest BCUT2D eigenvalue weighted by atomic mass is 35.5. The van der Waals surface area contributed by atoms with Gasteiger partial charge in [-0.3, -0.25) is 9.36 Å². The topological polar surface area (TPSA) is 76.8 Å². The lowest BCUT2D eigenvalue weighted by atomic mass is 10.1. The molecule has 5 aromatic rings. The van der Waals surface area contributed by atoms with Gasteiger partial charge in [-0.15, -0.1) is 11.3 Å². The smallest absolute Gasteiger partial charge is 0.267 e. The van der Waals surface area contributed by atoms with Gasteiger partial charge in [0.25, 0.3) is 5.56 Å². The fraction of sp³-hybridized carbons (Fsp3) is 0.174.